The van der Waals surface area contributed by atoms with E-state index in [1.54, 1.807) is 12.1 Å². The number of aryl methyl sites for hydroxylation is 2. The highest BCUT2D eigenvalue weighted by molar-refractivity contribution is 5.41. The third kappa shape index (κ3) is 3.67. The van der Waals surface area contributed by atoms with Crippen molar-refractivity contribution in [3.8, 4) is 0 Å². The minimum Gasteiger partial charge on any atom is -0.300 e. The zero-order chi connectivity index (χ0) is 19.1. The van der Waals surface area contributed by atoms with Gasteiger partial charge in [0.1, 0.15) is 11.6 Å². The Morgan fingerprint density at radius 2 is 1.37 bits per heavy atom. The van der Waals surface area contributed by atoms with E-state index >= 15 is 0 Å². The highest BCUT2D eigenvalue weighted by Crippen LogP contribution is 2.44. The highest BCUT2D eigenvalue weighted by Gasteiger charge is 2.39. The Hall–Kier alpha value is -1.74. The van der Waals surface area contributed by atoms with Crippen molar-refractivity contribution in [3.63, 3.8) is 0 Å². The number of hydrogen-bond donors (Lipinski definition) is 0. The molecule has 2 heterocycles. The number of benzene rings is 2. The van der Waals surface area contributed by atoms with Crippen LogP contribution in [0.25, 0.3) is 0 Å². The molecule has 2 fully saturated rings. The molecule has 3 heteroatoms. The van der Waals surface area contributed by atoms with Gasteiger partial charge in [-0.25, -0.2) is 8.78 Å². The molecule has 2 saturated heterocycles. The van der Waals surface area contributed by atoms with Crippen molar-refractivity contribution in [1.82, 2.24) is 4.90 Å². The molecular formula is C24H29F2N. The van der Waals surface area contributed by atoms with E-state index in [-0.39, 0.29) is 17.6 Å². The minimum atomic E-state index is -0.210. The van der Waals surface area contributed by atoms with Crippen LogP contribution in [0.2, 0.25) is 0 Å². The van der Waals surface area contributed by atoms with Gasteiger partial charge in [-0.05, 0) is 105 Å². The maximum Gasteiger partial charge on any atom is 0.123 e. The number of piperidine rings is 1. The fraction of sp³-hybridized carbons (Fsp3) is 0.500. The van der Waals surface area contributed by atoms with E-state index in [1.807, 2.05) is 26.0 Å². The van der Waals surface area contributed by atoms with Gasteiger partial charge in [-0.3, -0.25) is 0 Å². The summed E-state index contributed by atoms with van der Waals surface area (Å²) in [4.78, 5) is 2.55. The normalized spacial score (nSPS) is 25.3. The van der Waals surface area contributed by atoms with Crippen molar-refractivity contribution in [2.45, 2.75) is 64.0 Å². The molecule has 0 N–H and O–H groups in total. The number of fused-ring (bicyclic) bond motifs is 2. The van der Waals surface area contributed by atoms with Crippen molar-refractivity contribution in [2.75, 3.05) is 7.05 Å². The predicted octanol–water partition coefficient (Wildman–Crippen LogP) is 5.98. The van der Waals surface area contributed by atoms with Gasteiger partial charge in [0.15, 0.2) is 0 Å². The van der Waals surface area contributed by atoms with Crippen LogP contribution in [0.1, 0.15) is 60.3 Å². The first-order valence-electron chi connectivity index (χ1n) is 10.2. The Morgan fingerprint density at radius 1 is 0.889 bits per heavy atom. The van der Waals surface area contributed by atoms with E-state index in [1.165, 1.54) is 37.8 Å². The smallest absolute Gasteiger partial charge is 0.123 e. The molecule has 144 valence electrons. The van der Waals surface area contributed by atoms with Gasteiger partial charge in [0.25, 0.3) is 0 Å². The van der Waals surface area contributed by atoms with Crippen molar-refractivity contribution in [1.29, 1.82) is 0 Å². The van der Waals surface area contributed by atoms with E-state index in [0.29, 0.717) is 18.0 Å². The largest absolute Gasteiger partial charge is 0.300 e. The summed E-state index contributed by atoms with van der Waals surface area (Å²) in [5, 5.41) is 0. The van der Waals surface area contributed by atoms with Crippen LogP contribution < -0.4 is 0 Å². The van der Waals surface area contributed by atoms with Gasteiger partial charge < -0.3 is 4.90 Å². The number of rotatable bonds is 4. The summed E-state index contributed by atoms with van der Waals surface area (Å²) in [6, 6.07) is 11.4. The lowest BCUT2D eigenvalue weighted by Crippen LogP contribution is -2.40. The first-order valence-corrected chi connectivity index (χ1v) is 10.2. The second-order valence-electron chi connectivity index (χ2n) is 8.68. The van der Waals surface area contributed by atoms with Gasteiger partial charge in [-0.1, -0.05) is 12.1 Å². The quantitative estimate of drug-likeness (QED) is 0.641. The van der Waals surface area contributed by atoms with Crippen LogP contribution in [0.15, 0.2) is 36.4 Å². The molecule has 0 aliphatic carbocycles. The third-order valence-corrected chi connectivity index (χ3v) is 7.00. The Morgan fingerprint density at radius 3 is 1.85 bits per heavy atom. The van der Waals surface area contributed by atoms with E-state index in [0.717, 1.165) is 28.7 Å². The number of halogens is 2. The maximum absolute atomic E-state index is 14.1. The molecule has 27 heavy (non-hydrogen) atoms. The molecule has 2 aromatic rings. The summed E-state index contributed by atoms with van der Waals surface area (Å²) in [5.41, 5.74) is 4.19. The molecule has 0 amide bonds. The average molecular weight is 369 g/mol. The molecule has 1 nitrogen and oxygen atoms in total. The van der Waals surface area contributed by atoms with E-state index in [2.05, 4.69) is 11.9 Å². The summed E-state index contributed by atoms with van der Waals surface area (Å²) >= 11 is 0. The molecule has 2 bridgehead atoms. The molecule has 2 aliphatic rings. The maximum atomic E-state index is 14.1. The van der Waals surface area contributed by atoms with Gasteiger partial charge in [0.05, 0.1) is 0 Å². The monoisotopic (exact) mass is 369 g/mol. The Labute approximate surface area is 161 Å². The van der Waals surface area contributed by atoms with Crippen molar-refractivity contribution < 1.29 is 8.78 Å². The van der Waals surface area contributed by atoms with Crippen molar-refractivity contribution in [2.24, 2.45) is 5.92 Å². The Balaban J connectivity index is 1.70. The molecule has 2 unspecified atom stereocenters. The predicted molar refractivity (Wildman–Crippen MR) is 106 cm³/mol. The molecule has 0 spiro atoms. The first-order chi connectivity index (χ1) is 12.9. The van der Waals surface area contributed by atoms with Gasteiger partial charge >= 0.3 is 0 Å². The molecule has 0 saturated carbocycles. The van der Waals surface area contributed by atoms with Gasteiger partial charge in [-0.15, -0.1) is 0 Å². The standard InChI is InChI=1S/C24H29F2N/c1-15-4-6-18(25)13-22(15)24(23-14-19(26)7-5-16(23)2)12-17-10-20-8-9-21(11-17)27(20)3/h4-7,13-14,17,20-21,24H,8-12H2,1-3H3. The van der Waals surface area contributed by atoms with Crippen LogP contribution in [0.5, 0.6) is 0 Å². The van der Waals surface area contributed by atoms with Crippen LogP contribution in [-0.2, 0) is 0 Å². The Bertz CT molecular complexity index is 766. The van der Waals surface area contributed by atoms with Crippen molar-refractivity contribution in [3.05, 3.63) is 70.3 Å². The van der Waals surface area contributed by atoms with E-state index < -0.39 is 0 Å². The SMILES string of the molecule is Cc1ccc(F)cc1C(CC1CC2CCC(C1)N2C)c1cc(F)ccc1C. The molecule has 0 aromatic heterocycles. The fourth-order valence-electron chi connectivity index (χ4n) is 5.44. The Kier molecular flexibility index (Phi) is 5.07. The molecule has 2 aliphatic heterocycles. The van der Waals surface area contributed by atoms with Crippen molar-refractivity contribution >= 4 is 0 Å². The van der Waals surface area contributed by atoms with Gasteiger partial charge in [0.2, 0.25) is 0 Å². The van der Waals surface area contributed by atoms with Crippen LogP contribution >= 0.6 is 0 Å². The van der Waals surface area contributed by atoms with Gasteiger partial charge in [-0.2, -0.15) is 0 Å². The molecular weight excluding hydrogens is 340 g/mol. The molecule has 2 atom stereocenters. The highest BCUT2D eigenvalue weighted by atomic mass is 19.1. The second-order valence-corrected chi connectivity index (χ2v) is 8.68. The minimum absolute atomic E-state index is 0.0456. The average Bonchev–Trinajstić information content (AvgIpc) is 2.85. The number of nitrogens with zero attached hydrogens (tertiary/aromatic N) is 1. The third-order valence-electron chi connectivity index (χ3n) is 7.00. The van der Waals surface area contributed by atoms with Crippen LogP contribution in [-0.4, -0.2) is 24.0 Å². The second kappa shape index (κ2) is 7.35. The van der Waals surface area contributed by atoms with Crippen LogP contribution in [0.3, 0.4) is 0 Å². The topological polar surface area (TPSA) is 3.24 Å². The summed E-state index contributed by atoms with van der Waals surface area (Å²) < 4.78 is 28.2. The van der Waals surface area contributed by atoms with Gasteiger partial charge in [0, 0.05) is 18.0 Å². The van der Waals surface area contributed by atoms with E-state index in [4.69, 9.17) is 0 Å². The molecule has 0 radical (unpaired) electrons. The zero-order valence-electron chi connectivity index (χ0n) is 16.5. The lowest BCUT2D eigenvalue weighted by Gasteiger charge is -2.38. The summed E-state index contributed by atoms with van der Waals surface area (Å²) in [6.07, 6.45) is 5.95. The summed E-state index contributed by atoms with van der Waals surface area (Å²) in [6.45, 7) is 4.07. The molecule has 4 rings (SSSR count). The lowest BCUT2D eigenvalue weighted by molar-refractivity contribution is 0.127. The zero-order valence-corrected chi connectivity index (χ0v) is 16.5. The first kappa shape index (κ1) is 18.6. The van der Waals surface area contributed by atoms with Crippen LogP contribution in [0.4, 0.5) is 8.78 Å². The molecule has 2 aromatic carbocycles. The summed E-state index contributed by atoms with van der Waals surface area (Å²) in [5.74, 6) is 0.231. The lowest BCUT2D eigenvalue weighted by atomic mass is 9.76. The fourth-order valence-corrected chi connectivity index (χ4v) is 5.44. The van der Waals surface area contributed by atoms with E-state index in [9.17, 15) is 8.78 Å². The number of hydrogen-bond acceptors (Lipinski definition) is 1. The summed E-state index contributed by atoms with van der Waals surface area (Å²) in [7, 11) is 2.25. The van der Waals surface area contributed by atoms with Crippen LogP contribution in [0, 0.1) is 31.4 Å².